The van der Waals surface area contributed by atoms with Crippen molar-refractivity contribution in [1.29, 1.82) is 0 Å². The maximum atomic E-state index is 12.0. The average Bonchev–Trinajstić information content (AvgIpc) is 3.32. The minimum atomic E-state index is -0.993. The van der Waals surface area contributed by atoms with Gasteiger partial charge in [-0.2, -0.15) is 0 Å². The summed E-state index contributed by atoms with van der Waals surface area (Å²) >= 11 is 0. The summed E-state index contributed by atoms with van der Waals surface area (Å²) in [6, 6.07) is 55.3. The molecule has 8 heteroatoms. The number of piperidine rings is 2. The molecule has 2 heterocycles. The second-order valence-electron chi connectivity index (χ2n) is 16.4. The molecule has 6 aromatic carbocycles. The van der Waals surface area contributed by atoms with E-state index < -0.39 is 11.2 Å². The van der Waals surface area contributed by atoms with Gasteiger partial charge in [-0.25, -0.2) is 0 Å². The molecule has 8 nitrogen and oxygen atoms in total. The second-order valence-corrected chi connectivity index (χ2v) is 16.4. The number of hydrogen-bond acceptors (Lipinski definition) is 7. The molecule has 60 heavy (non-hydrogen) atoms. The number of nitrogens with two attached hydrogens (primary N) is 1. The monoisotopic (exact) mass is 802 g/mol. The molecular formula is C52H58N4O4. The fourth-order valence-electron chi connectivity index (χ4n) is 9.24. The molecule has 0 aliphatic carbocycles. The molecule has 0 amide bonds. The average molecular weight is 803 g/mol. The molecule has 6 aromatic rings. The number of nitrogen functional groups attached to an aromatic ring is 1. The third kappa shape index (κ3) is 10.2. The van der Waals surface area contributed by atoms with E-state index in [0.29, 0.717) is 0 Å². The van der Waals surface area contributed by atoms with E-state index >= 15 is 0 Å². The molecule has 4 N–H and O–H groups in total. The lowest BCUT2D eigenvalue weighted by molar-refractivity contribution is -0.384. The molecule has 310 valence electrons. The van der Waals surface area contributed by atoms with Crippen molar-refractivity contribution in [2.75, 3.05) is 45.0 Å². The Kier molecular flexibility index (Phi) is 14.2. The number of nitrogens with zero attached hydrogens (tertiary/aromatic N) is 3. The molecule has 8 rings (SSSR count). The first-order chi connectivity index (χ1) is 29.2. The summed E-state index contributed by atoms with van der Waals surface area (Å²) in [5.41, 5.74) is 11.1. The normalized spacial score (nSPS) is 15.8. The van der Waals surface area contributed by atoms with Crippen LogP contribution in [0.5, 0.6) is 0 Å². The first kappa shape index (κ1) is 42.5. The molecule has 0 atom stereocenters. The van der Waals surface area contributed by atoms with Gasteiger partial charge in [-0.1, -0.05) is 146 Å². The number of rotatable bonds is 13. The van der Waals surface area contributed by atoms with E-state index in [0.717, 1.165) is 111 Å². The van der Waals surface area contributed by atoms with Gasteiger partial charge in [0.15, 0.2) is 0 Å². The van der Waals surface area contributed by atoms with Crippen LogP contribution in [0, 0.1) is 22.0 Å². The van der Waals surface area contributed by atoms with Crippen molar-refractivity contribution in [2.45, 2.75) is 49.7 Å². The smallest absolute Gasteiger partial charge is 0.269 e. The molecule has 0 unspecified atom stereocenters. The number of nitro benzene ring substituents is 1. The fraction of sp³-hybridized carbons (Fsp3) is 0.308. The number of likely N-dealkylation sites (tertiary alicyclic amines) is 2. The molecule has 0 radical (unpaired) electrons. The maximum Gasteiger partial charge on any atom is 0.269 e. The number of non-ortho nitro benzene ring substituents is 1. The number of benzene rings is 6. The molecular weight excluding hydrogens is 745 g/mol. The summed E-state index contributed by atoms with van der Waals surface area (Å²) in [6.45, 7) is 5.86. The summed E-state index contributed by atoms with van der Waals surface area (Å²) in [6.07, 6.45) is 5.71. The van der Waals surface area contributed by atoms with Crippen molar-refractivity contribution < 1.29 is 15.1 Å². The molecule has 2 fully saturated rings. The lowest BCUT2D eigenvalue weighted by Crippen LogP contribution is -2.44. The van der Waals surface area contributed by atoms with Crippen LogP contribution in [0.25, 0.3) is 0 Å². The Bertz CT molecular complexity index is 2110. The Morgan fingerprint density at radius 2 is 0.800 bits per heavy atom. The first-order valence-corrected chi connectivity index (χ1v) is 21.4. The predicted molar refractivity (Wildman–Crippen MR) is 241 cm³/mol. The maximum absolute atomic E-state index is 12.0. The third-order valence-corrected chi connectivity index (χ3v) is 12.8. The van der Waals surface area contributed by atoms with Gasteiger partial charge in [0.05, 0.1) is 4.92 Å². The minimum Gasteiger partial charge on any atom is -0.399 e. The molecule has 0 bridgehead atoms. The molecule has 2 saturated heterocycles. The Morgan fingerprint density at radius 1 is 0.500 bits per heavy atom. The number of hydrogen-bond donors (Lipinski definition) is 3. The van der Waals surface area contributed by atoms with Gasteiger partial charge in [0, 0.05) is 30.9 Å². The highest BCUT2D eigenvalue weighted by Gasteiger charge is 2.42. The van der Waals surface area contributed by atoms with Gasteiger partial charge in [-0.15, -0.1) is 0 Å². The van der Waals surface area contributed by atoms with Gasteiger partial charge in [0.1, 0.15) is 11.2 Å². The van der Waals surface area contributed by atoms with Gasteiger partial charge in [0.25, 0.3) is 5.69 Å². The Balaban J connectivity index is 0.000000182. The largest absolute Gasteiger partial charge is 0.399 e. The van der Waals surface area contributed by atoms with E-state index in [1.165, 1.54) is 5.56 Å². The van der Waals surface area contributed by atoms with Crippen LogP contribution in [0.3, 0.4) is 0 Å². The summed E-state index contributed by atoms with van der Waals surface area (Å²) < 4.78 is 0. The first-order valence-electron chi connectivity index (χ1n) is 21.4. The van der Waals surface area contributed by atoms with Gasteiger partial charge in [-0.05, 0) is 122 Å². The highest BCUT2D eigenvalue weighted by molar-refractivity contribution is 5.40. The Hall–Kier alpha value is -5.64. The third-order valence-electron chi connectivity index (χ3n) is 12.8. The predicted octanol–water partition coefficient (Wildman–Crippen LogP) is 9.24. The van der Waals surface area contributed by atoms with Crippen LogP contribution in [-0.2, 0) is 24.0 Å². The van der Waals surface area contributed by atoms with Crippen LogP contribution in [0.2, 0.25) is 0 Å². The van der Waals surface area contributed by atoms with Crippen molar-refractivity contribution >= 4 is 11.4 Å². The quantitative estimate of drug-likeness (QED) is 0.0606. The Morgan fingerprint density at radius 3 is 1.10 bits per heavy atom. The zero-order valence-corrected chi connectivity index (χ0v) is 34.4. The lowest BCUT2D eigenvalue weighted by atomic mass is 9.72. The van der Waals surface area contributed by atoms with Crippen LogP contribution in [0.15, 0.2) is 170 Å². The highest BCUT2D eigenvalue weighted by Crippen LogP contribution is 2.43. The van der Waals surface area contributed by atoms with Gasteiger partial charge >= 0.3 is 0 Å². The Labute approximate surface area is 355 Å². The van der Waals surface area contributed by atoms with Crippen molar-refractivity contribution in [3.63, 3.8) is 0 Å². The summed E-state index contributed by atoms with van der Waals surface area (Å²) in [5, 5.41) is 34.7. The van der Waals surface area contributed by atoms with Crippen LogP contribution in [-0.4, -0.2) is 64.2 Å². The van der Waals surface area contributed by atoms with E-state index in [4.69, 9.17) is 5.73 Å². The minimum absolute atomic E-state index is 0.130. The van der Waals surface area contributed by atoms with Crippen molar-refractivity contribution in [2.24, 2.45) is 11.8 Å². The molecule has 0 saturated carbocycles. The zero-order valence-electron chi connectivity index (χ0n) is 34.4. The van der Waals surface area contributed by atoms with Crippen molar-refractivity contribution in [1.82, 2.24) is 9.80 Å². The molecule has 2 aliphatic rings. The summed E-state index contributed by atoms with van der Waals surface area (Å²) in [5.74, 6) is 0.355. The topological polar surface area (TPSA) is 116 Å². The standard InChI is InChI=1S/C26H28N2O3.C26H30N2O/c29-26(22-7-3-1-4-8-22,23-9-5-2-6-10-23)24-16-19-27(20-17-24)18-15-21-11-13-25(14-12-21)28(30)31;27-25-13-11-21(12-14-25)15-18-28-19-16-24(17-20-28)26(29,22-7-3-1-4-8-22)23-9-5-2-6-10-23/h1-14,24,29H,15-20H2;1-14,24,29H,15-20,27H2. The van der Waals surface area contributed by atoms with Crippen molar-refractivity contribution in [3.05, 3.63) is 213 Å². The van der Waals surface area contributed by atoms with Gasteiger partial charge < -0.3 is 25.7 Å². The molecule has 0 aromatic heterocycles. The van der Waals surface area contributed by atoms with E-state index in [-0.39, 0.29) is 22.4 Å². The lowest BCUT2D eigenvalue weighted by Gasteiger charge is -2.42. The second kappa shape index (κ2) is 20.1. The summed E-state index contributed by atoms with van der Waals surface area (Å²) in [7, 11) is 0. The summed E-state index contributed by atoms with van der Waals surface area (Å²) in [4.78, 5) is 15.4. The van der Waals surface area contributed by atoms with Crippen LogP contribution in [0.1, 0.15) is 59.1 Å². The zero-order chi connectivity index (χ0) is 41.8. The number of aliphatic hydroxyl groups is 2. The van der Waals surface area contributed by atoms with Gasteiger partial charge in [0.2, 0.25) is 0 Å². The highest BCUT2D eigenvalue weighted by atomic mass is 16.6. The van der Waals surface area contributed by atoms with E-state index in [1.54, 1.807) is 12.1 Å². The van der Waals surface area contributed by atoms with Crippen molar-refractivity contribution in [3.8, 4) is 0 Å². The SMILES string of the molecule is Nc1ccc(CCN2CCC(C(O)(c3ccccc3)c3ccccc3)CC2)cc1.O=[N+]([O-])c1ccc(CCN2CCC(C(O)(c3ccccc3)c3ccccc3)CC2)cc1. The van der Waals surface area contributed by atoms with E-state index in [1.807, 2.05) is 121 Å². The van der Waals surface area contributed by atoms with Crippen LogP contribution < -0.4 is 5.73 Å². The molecule has 0 spiro atoms. The van der Waals surface area contributed by atoms with E-state index in [9.17, 15) is 20.3 Å². The van der Waals surface area contributed by atoms with Crippen LogP contribution in [0.4, 0.5) is 11.4 Å². The van der Waals surface area contributed by atoms with Gasteiger partial charge in [-0.3, -0.25) is 10.1 Å². The fourth-order valence-corrected chi connectivity index (χ4v) is 9.24. The van der Waals surface area contributed by atoms with E-state index in [2.05, 4.69) is 46.2 Å². The number of anilines is 1. The van der Waals surface area contributed by atoms with Crippen LogP contribution >= 0.6 is 0 Å². The number of nitro groups is 1. The molecule has 2 aliphatic heterocycles.